The van der Waals surface area contributed by atoms with Crippen LogP contribution in [0.4, 0.5) is 5.82 Å². The molecule has 110 valence electrons. The Kier molecular flexibility index (Phi) is 3.51. The van der Waals surface area contributed by atoms with Crippen molar-refractivity contribution >= 4 is 5.82 Å². The second-order valence-electron chi connectivity index (χ2n) is 5.64. The van der Waals surface area contributed by atoms with Crippen LogP contribution in [0.25, 0.3) is 0 Å². The molecule has 1 fully saturated rings. The van der Waals surface area contributed by atoms with Gasteiger partial charge in [0.05, 0.1) is 5.60 Å². The largest absolute Gasteiger partial charge is 0.492 e. The quantitative estimate of drug-likeness (QED) is 0.883. The van der Waals surface area contributed by atoms with E-state index in [0.29, 0.717) is 25.9 Å². The van der Waals surface area contributed by atoms with Gasteiger partial charge in [0, 0.05) is 19.2 Å². The van der Waals surface area contributed by atoms with Crippen LogP contribution in [-0.2, 0) is 5.60 Å². The Morgan fingerprint density at radius 2 is 1.86 bits per heavy atom. The fraction of sp³-hybridized carbons (Fsp3) is 0.375. The molecule has 0 spiro atoms. The molecule has 0 radical (unpaired) electrons. The highest BCUT2D eigenvalue weighted by molar-refractivity contribution is 5.40. The number of rotatable bonds is 2. The Labute approximate surface area is 123 Å². The number of aryl methyl sites for hydroxylation is 1. The number of hydrogen-bond acceptors (Lipinski definition) is 5. The Morgan fingerprint density at radius 3 is 2.48 bits per heavy atom. The molecule has 1 aliphatic rings. The van der Waals surface area contributed by atoms with Gasteiger partial charge in [-0.25, -0.2) is 0 Å². The Hall–Kier alpha value is -2.14. The number of hydrogen-bond donors (Lipinski definition) is 2. The maximum Gasteiger partial charge on any atom is 0.231 e. The summed E-state index contributed by atoms with van der Waals surface area (Å²) >= 11 is 0. The molecule has 1 saturated heterocycles. The van der Waals surface area contributed by atoms with E-state index in [9.17, 15) is 10.2 Å². The predicted molar refractivity (Wildman–Crippen MR) is 80.2 cm³/mol. The van der Waals surface area contributed by atoms with E-state index >= 15 is 0 Å². The predicted octanol–water partition coefficient (Wildman–Crippen LogP) is 1.98. The lowest BCUT2D eigenvalue weighted by molar-refractivity contribution is 0.0116. The fourth-order valence-corrected chi connectivity index (χ4v) is 2.82. The minimum absolute atomic E-state index is 0.0768. The molecule has 21 heavy (non-hydrogen) atoms. The summed E-state index contributed by atoms with van der Waals surface area (Å²) in [6, 6.07) is 11.3. The van der Waals surface area contributed by atoms with Gasteiger partial charge in [-0.15, -0.1) is 10.2 Å². The first-order valence-corrected chi connectivity index (χ1v) is 7.14. The third-order valence-electron chi connectivity index (χ3n) is 4.11. The summed E-state index contributed by atoms with van der Waals surface area (Å²) in [6.07, 6.45) is 1.30. The van der Waals surface area contributed by atoms with Crippen LogP contribution in [0.3, 0.4) is 0 Å². The number of aromatic nitrogens is 2. The van der Waals surface area contributed by atoms with Crippen LogP contribution in [0.5, 0.6) is 5.88 Å². The molecule has 5 nitrogen and oxygen atoms in total. The maximum absolute atomic E-state index is 10.9. The summed E-state index contributed by atoms with van der Waals surface area (Å²) in [6.45, 7) is 3.46. The van der Waals surface area contributed by atoms with E-state index in [4.69, 9.17) is 0 Å². The number of aliphatic hydroxyl groups is 1. The summed E-state index contributed by atoms with van der Waals surface area (Å²) < 4.78 is 0. The van der Waals surface area contributed by atoms with Crippen LogP contribution in [0.2, 0.25) is 0 Å². The van der Waals surface area contributed by atoms with E-state index in [0.717, 1.165) is 16.9 Å². The monoisotopic (exact) mass is 285 g/mol. The lowest BCUT2D eigenvalue weighted by Gasteiger charge is -2.39. The van der Waals surface area contributed by atoms with E-state index in [2.05, 4.69) is 21.2 Å². The summed E-state index contributed by atoms with van der Waals surface area (Å²) in [7, 11) is 0. The van der Waals surface area contributed by atoms with Crippen LogP contribution in [0.1, 0.15) is 24.0 Å². The SMILES string of the molecule is Cc1cccc(C2(O)CCN(c3ccc(O)nn3)CC2)c1. The van der Waals surface area contributed by atoms with Gasteiger partial charge in [-0.05, 0) is 31.4 Å². The molecule has 1 aliphatic heterocycles. The summed E-state index contributed by atoms with van der Waals surface area (Å²) in [5.41, 5.74) is 1.37. The first kappa shape index (κ1) is 13.8. The highest BCUT2D eigenvalue weighted by Crippen LogP contribution is 2.34. The van der Waals surface area contributed by atoms with E-state index in [1.165, 1.54) is 6.07 Å². The van der Waals surface area contributed by atoms with Gasteiger partial charge < -0.3 is 15.1 Å². The summed E-state index contributed by atoms with van der Waals surface area (Å²) in [5.74, 6) is 0.658. The van der Waals surface area contributed by atoms with Gasteiger partial charge in [-0.1, -0.05) is 29.8 Å². The summed E-state index contributed by atoms with van der Waals surface area (Å²) in [4.78, 5) is 2.08. The first-order chi connectivity index (χ1) is 10.1. The number of piperidine rings is 1. The number of aromatic hydroxyl groups is 1. The average Bonchev–Trinajstić information content (AvgIpc) is 2.49. The van der Waals surface area contributed by atoms with Crippen molar-refractivity contribution < 1.29 is 10.2 Å². The molecule has 2 aromatic rings. The zero-order valence-corrected chi connectivity index (χ0v) is 12.0. The molecular formula is C16H19N3O2. The zero-order chi connectivity index (χ0) is 14.9. The van der Waals surface area contributed by atoms with Crippen molar-refractivity contribution in [2.45, 2.75) is 25.4 Å². The molecule has 2 heterocycles. The van der Waals surface area contributed by atoms with E-state index in [1.807, 2.05) is 25.1 Å². The molecule has 5 heteroatoms. The fourth-order valence-electron chi connectivity index (χ4n) is 2.82. The summed E-state index contributed by atoms with van der Waals surface area (Å²) in [5, 5.41) is 27.7. The number of benzene rings is 1. The second-order valence-corrected chi connectivity index (χ2v) is 5.64. The van der Waals surface area contributed by atoms with Crippen molar-refractivity contribution in [3.63, 3.8) is 0 Å². The van der Waals surface area contributed by atoms with E-state index < -0.39 is 5.60 Å². The van der Waals surface area contributed by atoms with Crippen molar-refractivity contribution in [3.05, 3.63) is 47.5 Å². The maximum atomic E-state index is 10.9. The van der Waals surface area contributed by atoms with Gasteiger partial charge in [0.15, 0.2) is 5.82 Å². The minimum atomic E-state index is -0.771. The number of anilines is 1. The van der Waals surface area contributed by atoms with Crippen molar-refractivity contribution in [3.8, 4) is 5.88 Å². The molecule has 3 rings (SSSR count). The lowest BCUT2D eigenvalue weighted by atomic mass is 9.84. The van der Waals surface area contributed by atoms with Crippen molar-refractivity contribution in [2.75, 3.05) is 18.0 Å². The van der Waals surface area contributed by atoms with Crippen molar-refractivity contribution in [2.24, 2.45) is 0 Å². The van der Waals surface area contributed by atoms with Crippen LogP contribution in [0.15, 0.2) is 36.4 Å². The zero-order valence-electron chi connectivity index (χ0n) is 12.0. The highest BCUT2D eigenvalue weighted by atomic mass is 16.3. The molecule has 0 amide bonds. The Morgan fingerprint density at radius 1 is 1.10 bits per heavy atom. The second kappa shape index (κ2) is 5.33. The average molecular weight is 285 g/mol. The van der Waals surface area contributed by atoms with Gasteiger partial charge in [0.1, 0.15) is 0 Å². The van der Waals surface area contributed by atoms with Crippen LogP contribution in [-0.4, -0.2) is 33.5 Å². The minimum Gasteiger partial charge on any atom is -0.492 e. The molecule has 2 N–H and O–H groups in total. The molecule has 1 aromatic heterocycles. The normalized spacial score (nSPS) is 17.7. The van der Waals surface area contributed by atoms with Crippen molar-refractivity contribution in [1.29, 1.82) is 0 Å². The molecule has 0 bridgehead atoms. The van der Waals surface area contributed by atoms with Crippen LogP contribution < -0.4 is 4.90 Å². The standard InChI is InChI=1S/C16H19N3O2/c1-12-3-2-4-13(11-12)16(21)7-9-19(10-8-16)14-5-6-15(20)18-17-14/h2-6,11,21H,7-10H2,1H3,(H,18,20). The van der Waals surface area contributed by atoms with Gasteiger partial charge in [-0.2, -0.15) is 0 Å². The molecular weight excluding hydrogens is 266 g/mol. The lowest BCUT2D eigenvalue weighted by Crippen LogP contribution is -2.43. The van der Waals surface area contributed by atoms with Gasteiger partial charge in [0.25, 0.3) is 0 Å². The molecule has 1 aromatic carbocycles. The highest BCUT2D eigenvalue weighted by Gasteiger charge is 2.34. The molecule has 0 aliphatic carbocycles. The Bertz CT molecular complexity index is 620. The van der Waals surface area contributed by atoms with Crippen LogP contribution in [0, 0.1) is 6.92 Å². The van der Waals surface area contributed by atoms with E-state index in [1.54, 1.807) is 6.07 Å². The van der Waals surface area contributed by atoms with Crippen LogP contribution >= 0.6 is 0 Å². The molecule has 0 atom stereocenters. The van der Waals surface area contributed by atoms with E-state index in [-0.39, 0.29) is 5.88 Å². The Balaban J connectivity index is 1.73. The van der Waals surface area contributed by atoms with Gasteiger partial charge in [0.2, 0.25) is 5.88 Å². The molecule has 0 unspecified atom stereocenters. The smallest absolute Gasteiger partial charge is 0.231 e. The third kappa shape index (κ3) is 2.83. The van der Waals surface area contributed by atoms with Gasteiger partial charge in [-0.3, -0.25) is 0 Å². The topological polar surface area (TPSA) is 69.5 Å². The first-order valence-electron chi connectivity index (χ1n) is 7.14. The molecule has 0 saturated carbocycles. The third-order valence-corrected chi connectivity index (χ3v) is 4.11. The number of nitrogens with zero attached hydrogens (tertiary/aromatic N) is 3. The van der Waals surface area contributed by atoms with Gasteiger partial charge >= 0.3 is 0 Å². The van der Waals surface area contributed by atoms with Crippen molar-refractivity contribution in [1.82, 2.24) is 10.2 Å².